The molecule has 1 saturated carbocycles. The van der Waals surface area contributed by atoms with Gasteiger partial charge >= 0.3 is 0 Å². The van der Waals surface area contributed by atoms with Crippen LogP contribution in [0.25, 0.3) is 0 Å². The van der Waals surface area contributed by atoms with Crippen molar-refractivity contribution in [3.63, 3.8) is 0 Å². The van der Waals surface area contributed by atoms with Gasteiger partial charge in [-0.05, 0) is 64.1 Å². The third kappa shape index (κ3) is 2.00. The summed E-state index contributed by atoms with van der Waals surface area (Å²) in [6.45, 7) is 4.19. The molecular weight excluding hydrogens is 250 g/mol. The quantitative estimate of drug-likeness (QED) is 0.779. The van der Waals surface area contributed by atoms with Gasteiger partial charge in [-0.1, -0.05) is 0 Å². The Bertz CT molecular complexity index is 405. The van der Waals surface area contributed by atoms with Crippen molar-refractivity contribution in [1.82, 2.24) is 15.1 Å². The Labute approximate surface area is 121 Å². The molecule has 1 spiro atoms. The molecule has 3 heterocycles. The molecule has 112 valence electrons. The molecule has 0 radical (unpaired) electrons. The van der Waals surface area contributed by atoms with Crippen LogP contribution in [0, 0.1) is 11.3 Å². The summed E-state index contributed by atoms with van der Waals surface area (Å²) in [5, 5.41) is 3.43. The molecular formula is C16H27N3O. The summed E-state index contributed by atoms with van der Waals surface area (Å²) in [6.07, 6.45) is 7.38. The molecule has 4 heteroatoms. The number of rotatable bonds is 1. The van der Waals surface area contributed by atoms with Gasteiger partial charge < -0.3 is 10.2 Å². The molecule has 0 aromatic rings. The number of nitrogens with zero attached hydrogens (tertiary/aromatic N) is 2. The maximum atomic E-state index is 12.9. The van der Waals surface area contributed by atoms with Gasteiger partial charge in [0.05, 0.1) is 0 Å². The highest BCUT2D eigenvalue weighted by molar-refractivity contribution is 5.83. The molecule has 4 rings (SSSR count). The predicted molar refractivity (Wildman–Crippen MR) is 78.4 cm³/mol. The summed E-state index contributed by atoms with van der Waals surface area (Å²) in [5.74, 6) is 0.833. The Kier molecular flexibility index (Phi) is 3.08. The van der Waals surface area contributed by atoms with E-state index >= 15 is 0 Å². The molecule has 1 aliphatic carbocycles. The average Bonchev–Trinajstić information content (AvgIpc) is 3.04. The monoisotopic (exact) mass is 277 g/mol. The smallest absolute Gasteiger partial charge is 0.226 e. The fourth-order valence-electron chi connectivity index (χ4n) is 4.90. The van der Waals surface area contributed by atoms with E-state index in [1.807, 2.05) is 0 Å². The molecule has 4 fully saturated rings. The highest BCUT2D eigenvalue weighted by atomic mass is 16.2. The van der Waals surface area contributed by atoms with Crippen LogP contribution in [0.5, 0.6) is 0 Å². The third-order valence-electron chi connectivity index (χ3n) is 6.55. The van der Waals surface area contributed by atoms with Crippen LogP contribution in [0.15, 0.2) is 0 Å². The van der Waals surface area contributed by atoms with Gasteiger partial charge in [0.2, 0.25) is 5.91 Å². The van der Waals surface area contributed by atoms with E-state index in [1.54, 1.807) is 0 Å². The Morgan fingerprint density at radius 1 is 1.15 bits per heavy atom. The first-order valence-corrected chi connectivity index (χ1v) is 8.41. The Balaban J connectivity index is 1.42. The van der Waals surface area contributed by atoms with Crippen molar-refractivity contribution in [1.29, 1.82) is 0 Å². The van der Waals surface area contributed by atoms with Crippen molar-refractivity contribution in [3.05, 3.63) is 0 Å². The zero-order valence-corrected chi connectivity index (χ0v) is 12.6. The van der Waals surface area contributed by atoms with Crippen molar-refractivity contribution in [2.24, 2.45) is 11.3 Å². The van der Waals surface area contributed by atoms with Crippen molar-refractivity contribution in [3.8, 4) is 0 Å². The van der Waals surface area contributed by atoms with Gasteiger partial charge in [-0.3, -0.25) is 9.69 Å². The van der Waals surface area contributed by atoms with Crippen LogP contribution in [0.1, 0.15) is 38.5 Å². The molecule has 3 atom stereocenters. The van der Waals surface area contributed by atoms with Crippen LogP contribution < -0.4 is 5.32 Å². The highest BCUT2D eigenvalue weighted by Crippen LogP contribution is 2.59. The van der Waals surface area contributed by atoms with Crippen molar-refractivity contribution in [2.45, 2.75) is 50.6 Å². The molecule has 0 aromatic carbocycles. The first-order chi connectivity index (χ1) is 9.70. The minimum Gasteiger partial charge on any atom is -0.341 e. The lowest BCUT2D eigenvalue weighted by Gasteiger charge is -2.28. The second-order valence-corrected chi connectivity index (χ2v) is 7.49. The van der Waals surface area contributed by atoms with E-state index in [0.717, 1.165) is 38.6 Å². The molecule has 3 aliphatic heterocycles. The van der Waals surface area contributed by atoms with E-state index in [4.69, 9.17) is 0 Å². The van der Waals surface area contributed by atoms with Crippen molar-refractivity contribution >= 4 is 5.91 Å². The van der Waals surface area contributed by atoms with Gasteiger partial charge in [0, 0.05) is 31.1 Å². The summed E-state index contributed by atoms with van der Waals surface area (Å²) in [6, 6.07) is 1.35. The van der Waals surface area contributed by atoms with E-state index in [1.165, 1.54) is 32.1 Å². The summed E-state index contributed by atoms with van der Waals surface area (Å²) >= 11 is 0. The first kappa shape index (κ1) is 13.1. The van der Waals surface area contributed by atoms with E-state index in [9.17, 15) is 4.79 Å². The average molecular weight is 277 g/mol. The second-order valence-electron chi connectivity index (χ2n) is 7.49. The predicted octanol–water partition coefficient (Wildman–Crippen LogP) is 1.07. The Morgan fingerprint density at radius 3 is 2.70 bits per heavy atom. The zero-order chi connectivity index (χ0) is 13.7. The van der Waals surface area contributed by atoms with E-state index in [-0.39, 0.29) is 0 Å². The zero-order valence-electron chi connectivity index (χ0n) is 12.6. The van der Waals surface area contributed by atoms with Crippen LogP contribution >= 0.6 is 0 Å². The lowest BCUT2D eigenvalue weighted by molar-refractivity contribution is -0.134. The SMILES string of the molecule is CN1C2CCC1CN(C(=O)C1CC13CCNCC3)CC2. The normalized spacial score (nSPS) is 39.9. The van der Waals surface area contributed by atoms with Crippen molar-refractivity contribution in [2.75, 3.05) is 33.2 Å². The van der Waals surface area contributed by atoms with E-state index in [0.29, 0.717) is 23.3 Å². The van der Waals surface area contributed by atoms with E-state index < -0.39 is 0 Å². The van der Waals surface area contributed by atoms with Crippen LogP contribution in [0.4, 0.5) is 0 Å². The minimum absolute atomic E-state index is 0.353. The van der Waals surface area contributed by atoms with Gasteiger partial charge in [-0.25, -0.2) is 0 Å². The third-order valence-corrected chi connectivity index (χ3v) is 6.55. The minimum atomic E-state index is 0.353. The van der Waals surface area contributed by atoms with Crippen LogP contribution in [0.2, 0.25) is 0 Å². The topological polar surface area (TPSA) is 35.6 Å². The van der Waals surface area contributed by atoms with Gasteiger partial charge in [0.25, 0.3) is 0 Å². The Hall–Kier alpha value is -0.610. The van der Waals surface area contributed by atoms with Crippen molar-refractivity contribution < 1.29 is 4.79 Å². The number of nitrogens with one attached hydrogen (secondary N) is 1. The summed E-state index contributed by atoms with van der Waals surface area (Å²) < 4.78 is 0. The van der Waals surface area contributed by atoms with Gasteiger partial charge in [-0.15, -0.1) is 0 Å². The fraction of sp³-hybridized carbons (Fsp3) is 0.938. The van der Waals surface area contributed by atoms with Crippen LogP contribution in [0.3, 0.4) is 0 Å². The summed E-state index contributed by atoms with van der Waals surface area (Å²) in [4.78, 5) is 17.6. The molecule has 4 nitrogen and oxygen atoms in total. The standard InChI is InChI=1S/C16H27N3O/c1-18-12-2-3-13(18)11-19(9-4-12)15(20)14-10-16(14)5-7-17-8-6-16/h12-14,17H,2-11H2,1H3. The lowest BCUT2D eigenvalue weighted by atomic mass is 9.91. The number of likely N-dealkylation sites (N-methyl/N-ethyl adjacent to an activating group) is 1. The highest BCUT2D eigenvalue weighted by Gasteiger charge is 2.58. The largest absolute Gasteiger partial charge is 0.341 e. The summed E-state index contributed by atoms with van der Waals surface area (Å²) in [5.41, 5.74) is 0.388. The number of carbonyl (C=O) groups is 1. The lowest BCUT2D eigenvalue weighted by Crippen LogP contribution is -2.41. The number of piperidine rings is 1. The van der Waals surface area contributed by atoms with Crippen LogP contribution in [-0.4, -0.2) is 61.0 Å². The maximum Gasteiger partial charge on any atom is 0.226 e. The molecule has 20 heavy (non-hydrogen) atoms. The van der Waals surface area contributed by atoms with Gasteiger partial charge in [-0.2, -0.15) is 0 Å². The molecule has 3 unspecified atom stereocenters. The van der Waals surface area contributed by atoms with Gasteiger partial charge in [0.1, 0.15) is 0 Å². The molecule has 4 aliphatic rings. The molecule has 2 bridgehead atoms. The number of hydrogen-bond donors (Lipinski definition) is 1. The van der Waals surface area contributed by atoms with Gasteiger partial charge in [0.15, 0.2) is 0 Å². The Morgan fingerprint density at radius 2 is 1.90 bits per heavy atom. The van der Waals surface area contributed by atoms with E-state index in [2.05, 4.69) is 22.2 Å². The number of hydrogen-bond acceptors (Lipinski definition) is 3. The fourth-order valence-corrected chi connectivity index (χ4v) is 4.90. The maximum absolute atomic E-state index is 12.9. The number of likely N-dealkylation sites (tertiary alicyclic amines) is 1. The molecule has 0 aromatic heterocycles. The summed E-state index contributed by atoms with van der Waals surface area (Å²) in [7, 11) is 2.25. The van der Waals surface area contributed by atoms with Crippen LogP contribution in [-0.2, 0) is 4.79 Å². The molecule has 1 amide bonds. The number of amides is 1. The number of fused-ring (bicyclic) bond motifs is 2. The molecule has 1 N–H and O–H groups in total. The molecule has 3 saturated heterocycles. The first-order valence-electron chi connectivity index (χ1n) is 8.41. The second kappa shape index (κ2) is 4.70. The number of carbonyl (C=O) groups excluding carboxylic acids is 1.